The van der Waals surface area contributed by atoms with Crippen LogP contribution in [0.2, 0.25) is 5.15 Å². The molecule has 0 aliphatic rings. The Morgan fingerprint density at radius 3 is 2.43 bits per heavy atom. The van der Waals surface area contributed by atoms with E-state index in [1.165, 1.54) is 5.56 Å². The van der Waals surface area contributed by atoms with E-state index in [4.69, 9.17) is 45.0 Å². The van der Waals surface area contributed by atoms with Crippen molar-refractivity contribution >= 4 is 51.8 Å². The molecule has 11 N–H and O–H groups in total. The van der Waals surface area contributed by atoms with Crippen LogP contribution in [0.3, 0.4) is 0 Å². The van der Waals surface area contributed by atoms with Crippen LogP contribution in [0.15, 0.2) is 46.4 Å². The van der Waals surface area contributed by atoms with Crippen LogP contribution in [0.4, 0.5) is 11.6 Å². The van der Waals surface area contributed by atoms with Gasteiger partial charge in [-0.15, -0.1) is 0 Å². The van der Waals surface area contributed by atoms with Gasteiger partial charge in [0.2, 0.25) is 0 Å². The Morgan fingerprint density at radius 2 is 1.65 bits per heavy atom. The summed E-state index contributed by atoms with van der Waals surface area (Å²) < 4.78 is 5.78. The number of guanidine groups is 2. The molecule has 3 rings (SSSR count). The summed E-state index contributed by atoms with van der Waals surface area (Å²) >= 11 is 5.80. The summed E-state index contributed by atoms with van der Waals surface area (Å²) in [6, 6.07) is 12.4. The van der Waals surface area contributed by atoms with Gasteiger partial charge in [0.1, 0.15) is 5.75 Å². The Morgan fingerprint density at radius 1 is 0.919 bits per heavy atom. The van der Waals surface area contributed by atoms with Crippen LogP contribution < -0.4 is 38.7 Å². The normalized spacial score (nSPS) is 11.3. The molecule has 196 valence electrons. The summed E-state index contributed by atoms with van der Waals surface area (Å²) in [5.41, 5.74) is 28.7. The van der Waals surface area contributed by atoms with E-state index in [1.807, 2.05) is 18.2 Å². The molecule has 1 heterocycles. The number of hydrogen-bond acceptors (Lipinski definition) is 8. The van der Waals surface area contributed by atoms with Crippen molar-refractivity contribution in [3.63, 3.8) is 0 Å². The number of aryl methyl sites for hydroxylation is 1. The van der Waals surface area contributed by atoms with E-state index in [1.54, 1.807) is 0 Å². The third kappa shape index (κ3) is 8.39. The zero-order valence-electron chi connectivity index (χ0n) is 20.3. The molecular weight excluding hydrogens is 496 g/mol. The van der Waals surface area contributed by atoms with Crippen LogP contribution >= 0.6 is 11.6 Å². The van der Waals surface area contributed by atoms with Crippen molar-refractivity contribution in [2.75, 3.05) is 31.2 Å². The molecular formula is C24H31ClN10O2. The molecule has 3 aromatic rings. The Hall–Kier alpha value is -4.32. The van der Waals surface area contributed by atoms with Gasteiger partial charge in [0, 0.05) is 19.5 Å². The van der Waals surface area contributed by atoms with Crippen LogP contribution in [0.25, 0.3) is 10.8 Å². The number of anilines is 2. The summed E-state index contributed by atoms with van der Waals surface area (Å²) in [4.78, 5) is 28.0. The smallest absolute Gasteiger partial charge is 0.280 e. The van der Waals surface area contributed by atoms with Gasteiger partial charge in [-0.25, -0.2) is 9.97 Å². The predicted octanol–water partition coefficient (Wildman–Crippen LogP) is 1.56. The highest BCUT2D eigenvalue weighted by Crippen LogP contribution is 2.23. The van der Waals surface area contributed by atoms with E-state index in [9.17, 15) is 4.79 Å². The molecule has 0 atom stereocenters. The fourth-order valence-electron chi connectivity index (χ4n) is 3.45. The largest absolute Gasteiger partial charge is 0.494 e. The van der Waals surface area contributed by atoms with Gasteiger partial charge in [-0.2, -0.15) is 0 Å². The second-order valence-corrected chi connectivity index (χ2v) is 8.52. The molecule has 1 aromatic heterocycles. The maximum Gasteiger partial charge on any atom is 0.280 e. The number of benzene rings is 2. The maximum atomic E-state index is 12.3. The lowest BCUT2D eigenvalue weighted by Crippen LogP contribution is -2.38. The van der Waals surface area contributed by atoms with E-state index in [-0.39, 0.29) is 34.4 Å². The number of carbonyl (C=O) groups is 1. The molecule has 0 aliphatic carbocycles. The van der Waals surface area contributed by atoms with Crippen molar-refractivity contribution < 1.29 is 9.53 Å². The zero-order chi connectivity index (χ0) is 26.8. The van der Waals surface area contributed by atoms with Crippen molar-refractivity contribution in [2.45, 2.75) is 25.7 Å². The number of ether oxygens (including phenoxy) is 1. The summed E-state index contributed by atoms with van der Waals surface area (Å²) in [5, 5.41) is 4.55. The lowest BCUT2D eigenvalue weighted by Gasteiger charge is -2.08. The average molecular weight is 527 g/mol. The topological polar surface area (TPSA) is 219 Å². The molecule has 37 heavy (non-hydrogen) atoms. The van der Waals surface area contributed by atoms with Gasteiger partial charge < -0.3 is 33.4 Å². The van der Waals surface area contributed by atoms with Crippen molar-refractivity contribution in [1.82, 2.24) is 15.3 Å². The van der Waals surface area contributed by atoms with E-state index >= 15 is 0 Å². The highest BCUT2D eigenvalue weighted by atomic mass is 35.5. The number of rotatable bonds is 11. The number of carbonyl (C=O) groups excluding carboxylic acids is 1. The van der Waals surface area contributed by atoms with Crippen LogP contribution in [-0.4, -0.2) is 47.5 Å². The number of aromatic nitrogens is 2. The lowest BCUT2D eigenvalue weighted by atomic mass is 10.0. The molecule has 0 aliphatic heterocycles. The number of hydrogen-bond donors (Lipinski definition) is 6. The number of unbranched alkanes of at least 4 members (excludes halogenated alkanes) is 1. The highest BCUT2D eigenvalue weighted by molar-refractivity contribution is 6.31. The molecule has 1 amide bonds. The Bertz CT molecular complexity index is 1310. The number of nitrogens with zero attached hydrogens (tertiary/aromatic N) is 4. The van der Waals surface area contributed by atoms with Gasteiger partial charge in [-0.3, -0.25) is 20.1 Å². The standard InChI is InChI=1S/C24H31ClN10O2/c25-19-21(27)34-20(26)18(33-19)22(36)35-24(30)32-9-2-1-4-14-5-6-16-13-17(8-7-15(16)12-14)37-11-3-10-31-23(28)29/h5-8,12-13H,1-4,9-11H2,(H4,26,27,34)(H4,28,29,31)(H3,30,32,35,36). The van der Waals surface area contributed by atoms with Gasteiger partial charge in [0.05, 0.1) is 6.61 Å². The second kappa shape index (κ2) is 13.1. The molecule has 13 heteroatoms. The van der Waals surface area contributed by atoms with Gasteiger partial charge in [0.15, 0.2) is 34.4 Å². The predicted molar refractivity (Wildman–Crippen MR) is 147 cm³/mol. The minimum Gasteiger partial charge on any atom is -0.494 e. The van der Waals surface area contributed by atoms with Crippen molar-refractivity contribution in [3.05, 3.63) is 52.8 Å². The molecule has 0 fully saturated rings. The molecule has 0 unspecified atom stereocenters. The van der Waals surface area contributed by atoms with E-state index in [0.29, 0.717) is 19.7 Å². The number of fused-ring (bicyclic) bond motifs is 1. The lowest BCUT2D eigenvalue weighted by molar-refractivity contribution is 0.0972. The number of halogens is 1. The zero-order valence-corrected chi connectivity index (χ0v) is 21.0. The molecule has 0 radical (unpaired) electrons. The Labute approximate surface area is 219 Å². The minimum atomic E-state index is -0.663. The number of nitrogens with one attached hydrogen (secondary N) is 1. The molecule has 0 spiro atoms. The number of aliphatic imine (C=N–C) groups is 2. The third-order valence-corrected chi connectivity index (χ3v) is 5.54. The summed E-state index contributed by atoms with van der Waals surface area (Å²) in [5.74, 6) is -0.0181. The van der Waals surface area contributed by atoms with E-state index in [2.05, 4.69) is 43.5 Å². The second-order valence-electron chi connectivity index (χ2n) is 8.16. The fourth-order valence-corrected chi connectivity index (χ4v) is 3.57. The van der Waals surface area contributed by atoms with Gasteiger partial charge >= 0.3 is 0 Å². The van der Waals surface area contributed by atoms with Crippen LogP contribution in [-0.2, 0) is 6.42 Å². The summed E-state index contributed by atoms with van der Waals surface area (Å²) in [6.07, 6.45) is 3.31. The van der Waals surface area contributed by atoms with E-state index < -0.39 is 5.91 Å². The monoisotopic (exact) mass is 526 g/mol. The fraction of sp³-hybridized carbons (Fsp3) is 0.292. The first kappa shape index (κ1) is 27.3. The third-order valence-electron chi connectivity index (χ3n) is 5.26. The number of amides is 1. The minimum absolute atomic E-state index is 0.0425. The van der Waals surface area contributed by atoms with Crippen molar-refractivity contribution in [3.8, 4) is 5.75 Å². The van der Waals surface area contributed by atoms with Crippen LogP contribution in [0, 0.1) is 0 Å². The van der Waals surface area contributed by atoms with Gasteiger partial charge in [-0.1, -0.05) is 35.9 Å². The first-order chi connectivity index (χ1) is 17.7. The highest BCUT2D eigenvalue weighted by Gasteiger charge is 2.16. The Balaban J connectivity index is 1.43. The Kier molecular flexibility index (Phi) is 9.67. The van der Waals surface area contributed by atoms with E-state index in [0.717, 1.165) is 42.2 Å². The first-order valence-corrected chi connectivity index (χ1v) is 12.0. The van der Waals surface area contributed by atoms with Gasteiger partial charge in [-0.05, 0) is 47.7 Å². The molecule has 0 bridgehead atoms. The molecule has 2 aromatic carbocycles. The quantitative estimate of drug-likeness (QED) is 0.121. The number of nitrogen functional groups attached to an aromatic ring is 2. The van der Waals surface area contributed by atoms with Crippen LogP contribution in [0.5, 0.6) is 5.75 Å². The summed E-state index contributed by atoms with van der Waals surface area (Å²) in [6.45, 7) is 1.53. The van der Waals surface area contributed by atoms with Crippen LogP contribution in [0.1, 0.15) is 35.3 Å². The first-order valence-electron chi connectivity index (χ1n) is 11.6. The number of nitrogens with two attached hydrogens (primary N) is 5. The average Bonchev–Trinajstić information content (AvgIpc) is 2.85. The molecule has 0 saturated heterocycles. The SMILES string of the molecule is NC(N)=NCCCOc1ccc2cc(CCCCN=C(N)NC(=O)c3nc(Cl)c(N)nc3N)ccc2c1. The maximum absolute atomic E-state index is 12.3. The van der Waals surface area contributed by atoms with Gasteiger partial charge in [0.25, 0.3) is 5.91 Å². The molecule has 0 saturated carbocycles. The van der Waals surface area contributed by atoms with Crippen molar-refractivity contribution in [2.24, 2.45) is 27.2 Å². The van der Waals surface area contributed by atoms with Crippen molar-refractivity contribution in [1.29, 1.82) is 0 Å². The summed E-state index contributed by atoms with van der Waals surface area (Å²) in [7, 11) is 0. The molecule has 12 nitrogen and oxygen atoms in total.